The topological polar surface area (TPSA) is 34.0 Å². The van der Waals surface area contributed by atoms with Crippen LogP contribution in [0.3, 0.4) is 0 Å². The maximum absolute atomic E-state index is 4.21. The minimum absolute atomic E-state index is 0.692. The summed E-state index contributed by atoms with van der Waals surface area (Å²) in [5.74, 6) is 0.692. The van der Waals surface area contributed by atoms with E-state index in [1.807, 2.05) is 11.0 Å². The SMILES string of the molecule is Brc1cc(CN2CCC[C@H](Cn3cncn3)C2)cs1. The summed E-state index contributed by atoms with van der Waals surface area (Å²) in [7, 11) is 0. The Hall–Kier alpha value is -0.720. The third-order valence-corrected chi connectivity index (χ3v) is 5.10. The van der Waals surface area contributed by atoms with E-state index in [1.165, 1.54) is 28.7 Å². The van der Waals surface area contributed by atoms with Crippen LogP contribution in [0.4, 0.5) is 0 Å². The van der Waals surface area contributed by atoms with Gasteiger partial charge in [0.25, 0.3) is 0 Å². The zero-order chi connectivity index (χ0) is 13.1. The van der Waals surface area contributed by atoms with Crippen molar-refractivity contribution in [1.29, 1.82) is 0 Å². The van der Waals surface area contributed by atoms with Crippen molar-refractivity contribution in [2.45, 2.75) is 25.9 Å². The first-order valence-corrected chi connectivity index (χ1v) is 8.24. The average molecular weight is 341 g/mol. The van der Waals surface area contributed by atoms with Crippen LogP contribution in [0.15, 0.2) is 27.9 Å². The van der Waals surface area contributed by atoms with E-state index in [2.05, 4.69) is 42.4 Å². The molecule has 19 heavy (non-hydrogen) atoms. The molecular weight excluding hydrogens is 324 g/mol. The maximum Gasteiger partial charge on any atom is 0.137 e. The number of hydrogen-bond acceptors (Lipinski definition) is 4. The molecule has 0 aromatic carbocycles. The van der Waals surface area contributed by atoms with Gasteiger partial charge < -0.3 is 0 Å². The highest BCUT2D eigenvalue weighted by molar-refractivity contribution is 9.11. The second-order valence-corrected chi connectivity index (χ2v) is 7.41. The van der Waals surface area contributed by atoms with Crippen LogP contribution in [-0.4, -0.2) is 32.8 Å². The standard InChI is InChI=1S/C13H17BrN4S/c14-13-4-12(8-19-13)6-17-3-1-2-11(5-17)7-18-10-15-9-16-18/h4,8-11H,1-3,5-7H2/t11-/m0/s1. The van der Waals surface area contributed by atoms with Crippen molar-refractivity contribution in [1.82, 2.24) is 19.7 Å². The molecule has 4 nitrogen and oxygen atoms in total. The van der Waals surface area contributed by atoms with Gasteiger partial charge in [-0.25, -0.2) is 4.98 Å². The molecule has 1 saturated heterocycles. The van der Waals surface area contributed by atoms with Gasteiger partial charge in [-0.2, -0.15) is 5.10 Å². The molecule has 0 aliphatic carbocycles. The van der Waals surface area contributed by atoms with Gasteiger partial charge in [-0.3, -0.25) is 9.58 Å². The Balaban J connectivity index is 1.55. The van der Waals surface area contributed by atoms with Crippen LogP contribution < -0.4 is 0 Å². The molecule has 1 aliphatic rings. The van der Waals surface area contributed by atoms with Crippen LogP contribution in [0.2, 0.25) is 0 Å². The highest BCUT2D eigenvalue weighted by Crippen LogP contribution is 2.24. The molecule has 1 fully saturated rings. The van der Waals surface area contributed by atoms with Crippen LogP contribution in [0.5, 0.6) is 0 Å². The lowest BCUT2D eigenvalue weighted by atomic mass is 9.98. The zero-order valence-corrected chi connectivity index (χ0v) is 13.1. The van der Waals surface area contributed by atoms with Gasteiger partial charge in [0.15, 0.2) is 0 Å². The normalized spacial score (nSPS) is 20.8. The van der Waals surface area contributed by atoms with Gasteiger partial charge in [0.2, 0.25) is 0 Å². The van der Waals surface area contributed by atoms with Crippen molar-refractivity contribution >= 4 is 27.3 Å². The van der Waals surface area contributed by atoms with Gasteiger partial charge >= 0.3 is 0 Å². The molecule has 0 radical (unpaired) electrons. The second-order valence-electron chi connectivity index (χ2n) is 5.12. The van der Waals surface area contributed by atoms with Crippen molar-refractivity contribution in [3.05, 3.63) is 33.5 Å². The molecule has 6 heteroatoms. The fraction of sp³-hybridized carbons (Fsp3) is 0.538. The Kier molecular flexibility index (Phi) is 4.30. The van der Waals surface area contributed by atoms with E-state index in [9.17, 15) is 0 Å². The number of thiophene rings is 1. The van der Waals surface area contributed by atoms with Crippen LogP contribution in [0, 0.1) is 5.92 Å². The Labute approximate surface area is 125 Å². The van der Waals surface area contributed by atoms with Crippen LogP contribution in [0.25, 0.3) is 0 Å². The van der Waals surface area contributed by atoms with E-state index in [1.54, 1.807) is 17.7 Å². The number of halogens is 1. The van der Waals surface area contributed by atoms with E-state index in [4.69, 9.17) is 0 Å². The van der Waals surface area contributed by atoms with E-state index in [0.29, 0.717) is 5.92 Å². The summed E-state index contributed by atoms with van der Waals surface area (Å²) in [6.45, 7) is 4.43. The van der Waals surface area contributed by atoms with Crippen LogP contribution in [0.1, 0.15) is 18.4 Å². The first-order valence-electron chi connectivity index (χ1n) is 6.57. The van der Waals surface area contributed by atoms with Crippen molar-refractivity contribution in [3.63, 3.8) is 0 Å². The summed E-state index contributed by atoms with van der Waals surface area (Å²) in [6.07, 6.45) is 6.01. The van der Waals surface area contributed by atoms with Gasteiger partial charge in [-0.15, -0.1) is 11.3 Å². The van der Waals surface area contributed by atoms with Gasteiger partial charge in [-0.05, 0) is 58.2 Å². The first kappa shape index (κ1) is 13.3. The van der Waals surface area contributed by atoms with Gasteiger partial charge in [0.05, 0.1) is 3.79 Å². The number of piperidine rings is 1. The summed E-state index contributed by atoms with van der Waals surface area (Å²) < 4.78 is 3.17. The van der Waals surface area contributed by atoms with Gasteiger partial charge in [0.1, 0.15) is 12.7 Å². The molecule has 2 aromatic rings. The predicted molar refractivity (Wildman–Crippen MR) is 80.0 cm³/mol. The summed E-state index contributed by atoms with van der Waals surface area (Å²) in [6, 6.07) is 2.23. The molecule has 3 rings (SSSR count). The zero-order valence-electron chi connectivity index (χ0n) is 10.7. The average Bonchev–Trinajstić information content (AvgIpc) is 3.02. The molecule has 0 spiro atoms. The van der Waals surface area contributed by atoms with Crippen molar-refractivity contribution in [2.24, 2.45) is 5.92 Å². The number of hydrogen-bond donors (Lipinski definition) is 0. The Morgan fingerprint density at radius 1 is 1.47 bits per heavy atom. The predicted octanol–water partition coefficient (Wildman–Crippen LogP) is 3.01. The molecule has 0 unspecified atom stereocenters. The number of rotatable bonds is 4. The fourth-order valence-electron chi connectivity index (χ4n) is 2.72. The Morgan fingerprint density at radius 3 is 3.16 bits per heavy atom. The summed E-state index contributed by atoms with van der Waals surface area (Å²) in [5.41, 5.74) is 1.42. The van der Waals surface area contributed by atoms with Crippen LogP contribution >= 0.6 is 27.3 Å². The molecule has 3 heterocycles. The highest BCUT2D eigenvalue weighted by Gasteiger charge is 2.20. The van der Waals surface area contributed by atoms with Gasteiger partial charge in [0, 0.05) is 19.6 Å². The molecule has 102 valence electrons. The quantitative estimate of drug-likeness (QED) is 0.857. The molecule has 0 amide bonds. The van der Waals surface area contributed by atoms with E-state index in [0.717, 1.165) is 19.6 Å². The summed E-state index contributed by atoms with van der Waals surface area (Å²) in [4.78, 5) is 6.57. The summed E-state index contributed by atoms with van der Waals surface area (Å²) in [5, 5.41) is 6.45. The van der Waals surface area contributed by atoms with Crippen molar-refractivity contribution < 1.29 is 0 Å². The summed E-state index contributed by atoms with van der Waals surface area (Å²) >= 11 is 5.30. The third kappa shape index (κ3) is 3.64. The lowest BCUT2D eigenvalue weighted by Crippen LogP contribution is -2.36. The van der Waals surface area contributed by atoms with Gasteiger partial charge in [-0.1, -0.05) is 0 Å². The molecule has 0 saturated carbocycles. The van der Waals surface area contributed by atoms with E-state index in [-0.39, 0.29) is 0 Å². The van der Waals surface area contributed by atoms with Crippen LogP contribution in [-0.2, 0) is 13.1 Å². The smallest absolute Gasteiger partial charge is 0.137 e. The van der Waals surface area contributed by atoms with Crippen molar-refractivity contribution in [3.8, 4) is 0 Å². The number of aromatic nitrogens is 3. The lowest BCUT2D eigenvalue weighted by Gasteiger charge is -2.32. The minimum atomic E-state index is 0.692. The second kappa shape index (κ2) is 6.15. The maximum atomic E-state index is 4.21. The highest BCUT2D eigenvalue weighted by atomic mass is 79.9. The molecular formula is C13H17BrN4S. The molecule has 2 aromatic heterocycles. The molecule has 1 aliphatic heterocycles. The van der Waals surface area contributed by atoms with E-state index >= 15 is 0 Å². The molecule has 1 atom stereocenters. The van der Waals surface area contributed by atoms with Crippen molar-refractivity contribution in [2.75, 3.05) is 13.1 Å². The number of likely N-dealkylation sites (tertiary alicyclic amines) is 1. The fourth-order valence-corrected chi connectivity index (χ4v) is 3.92. The number of nitrogens with zero attached hydrogens (tertiary/aromatic N) is 4. The monoisotopic (exact) mass is 340 g/mol. The largest absolute Gasteiger partial charge is 0.299 e. The minimum Gasteiger partial charge on any atom is -0.299 e. The van der Waals surface area contributed by atoms with E-state index < -0.39 is 0 Å². The lowest BCUT2D eigenvalue weighted by molar-refractivity contribution is 0.153. The first-order chi connectivity index (χ1) is 9.29. The third-order valence-electron chi connectivity index (χ3n) is 3.54. The molecule has 0 bridgehead atoms. The Bertz CT molecular complexity index is 510. The Morgan fingerprint density at radius 2 is 2.42 bits per heavy atom. The molecule has 0 N–H and O–H groups in total.